The number of halogens is 3. The van der Waals surface area contributed by atoms with Crippen LogP contribution < -0.4 is 5.32 Å². The van der Waals surface area contributed by atoms with Crippen molar-refractivity contribution in [1.82, 2.24) is 5.32 Å². The highest BCUT2D eigenvalue weighted by Crippen LogP contribution is 2.32. The van der Waals surface area contributed by atoms with Gasteiger partial charge in [0.05, 0.1) is 6.04 Å². The van der Waals surface area contributed by atoms with Crippen LogP contribution in [0.15, 0.2) is 30.3 Å². The van der Waals surface area contributed by atoms with Gasteiger partial charge in [0.15, 0.2) is 0 Å². The summed E-state index contributed by atoms with van der Waals surface area (Å²) in [5, 5.41) is 3.86. The van der Waals surface area contributed by atoms with E-state index in [1.807, 2.05) is 45.2 Å². The number of hydrogen-bond acceptors (Lipinski definition) is 1. The number of hydrogen-bond donors (Lipinski definition) is 1. The van der Waals surface area contributed by atoms with Crippen molar-refractivity contribution in [2.75, 3.05) is 7.05 Å². The summed E-state index contributed by atoms with van der Waals surface area (Å²) >= 11 is 8.34. The molecule has 106 valence electrons. The van der Waals surface area contributed by atoms with Crippen LogP contribution in [-0.4, -0.2) is 7.05 Å². The van der Waals surface area contributed by atoms with Crippen LogP contribution in [0.2, 0.25) is 5.02 Å². The Balaban J connectivity index is 2.61. The first-order valence-electron chi connectivity index (χ1n) is 6.33. The lowest BCUT2D eigenvalue weighted by Gasteiger charge is -2.22. The summed E-state index contributed by atoms with van der Waals surface area (Å²) in [4.78, 5) is 0. The average Bonchev–Trinajstić information content (AvgIpc) is 2.37. The van der Waals surface area contributed by atoms with Crippen molar-refractivity contribution in [2.24, 2.45) is 0 Å². The largest absolute Gasteiger partial charge is 0.309 e. The molecule has 2 aromatic rings. The lowest BCUT2D eigenvalue weighted by Crippen LogP contribution is -2.21. The van der Waals surface area contributed by atoms with Crippen molar-refractivity contribution in [2.45, 2.75) is 19.9 Å². The van der Waals surface area contributed by atoms with E-state index in [9.17, 15) is 4.39 Å². The van der Waals surface area contributed by atoms with E-state index in [0.717, 1.165) is 20.3 Å². The third-order valence-electron chi connectivity index (χ3n) is 3.33. The topological polar surface area (TPSA) is 12.0 Å². The van der Waals surface area contributed by atoms with E-state index in [1.54, 1.807) is 6.07 Å². The average molecular weight is 404 g/mol. The minimum absolute atomic E-state index is 0.183. The van der Waals surface area contributed by atoms with Gasteiger partial charge < -0.3 is 5.32 Å². The molecular weight excluding hydrogens is 388 g/mol. The number of benzene rings is 2. The van der Waals surface area contributed by atoms with E-state index in [1.165, 1.54) is 0 Å². The van der Waals surface area contributed by atoms with E-state index in [4.69, 9.17) is 11.6 Å². The molecule has 0 fully saturated rings. The highest BCUT2D eigenvalue weighted by atomic mass is 127. The first kappa shape index (κ1) is 15.7. The van der Waals surface area contributed by atoms with Crippen molar-refractivity contribution in [3.63, 3.8) is 0 Å². The van der Waals surface area contributed by atoms with Crippen LogP contribution in [-0.2, 0) is 0 Å². The lowest BCUT2D eigenvalue weighted by molar-refractivity contribution is 0.571. The maximum atomic E-state index is 14.4. The second-order valence-electron chi connectivity index (χ2n) is 4.86. The summed E-state index contributed by atoms with van der Waals surface area (Å²) in [5.41, 5.74) is 3.54. The van der Waals surface area contributed by atoms with Crippen molar-refractivity contribution in [3.05, 3.63) is 67.0 Å². The second kappa shape index (κ2) is 6.41. The van der Waals surface area contributed by atoms with E-state index in [2.05, 4.69) is 27.9 Å². The first-order valence-corrected chi connectivity index (χ1v) is 7.78. The predicted molar refractivity (Wildman–Crippen MR) is 90.9 cm³/mol. The van der Waals surface area contributed by atoms with Gasteiger partial charge in [-0.25, -0.2) is 4.39 Å². The van der Waals surface area contributed by atoms with Crippen LogP contribution in [0.25, 0.3) is 0 Å². The molecule has 1 nitrogen and oxygen atoms in total. The third-order valence-corrected chi connectivity index (χ3v) is 4.54. The highest BCUT2D eigenvalue weighted by molar-refractivity contribution is 14.1. The first-order chi connectivity index (χ1) is 9.43. The van der Waals surface area contributed by atoms with Gasteiger partial charge in [-0.3, -0.25) is 0 Å². The van der Waals surface area contributed by atoms with Gasteiger partial charge in [-0.1, -0.05) is 17.7 Å². The van der Waals surface area contributed by atoms with Gasteiger partial charge in [0.25, 0.3) is 0 Å². The maximum absolute atomic E-state index is 14.4. The summed E-state index contributed by atoms with van der Waals surface area (Å²) in [6.07, 6.45) is 0. The van der Waals surface area contributed by atoms with Gasteiger partial charge in [-0.2, -0.15) is 0 Å². The Morgan fingerprint density at radius 1 is 1.20 bits per heavy atom. The van der Waals surface area contributed by atoms with Gasteiger partial charge in [-0.05, 0) is 84.4 Å². The Morgan fingerprint density at radius 3 is 2.50 bits per heavy atom. The molecule has 0 aliphatic heterocycles. The third kappa shape index (κ3) is 3.15. The summed E-state index contributed by atoms with van der Waals surface area (Å²) in [5.74, 6) is -0.183. The summed E-state index contributed by atoms with van der Waals surface area (Å²) in [7, 11) is 1.83. The molecule has 0 aromatic heterocycles. The summed E-state index contributed by atoms with van der Waals surface area (Å²) < 4.78 is 15.5. The van der Waals surface area contributed by atoms with Crippen molar-refractivity contribution in [1.29, 1.82) is 0 Å². The molecule has 0 amide bonds. The van der Waals surface area contributed by atoms with E-state index in [-0.39, 0.29) is 11.9 Å². The molecule has 4 heteroatoms. The lowest BCUT2D eigenvalue weighted by atomic mass is 9.93. The molecule has 0 saturated carbocycles. The van der Waals surface area contributed by atoms with Crippen molar-refractivity contribution in [3.8, 4) is 0 Å². The number of aryl methyl sites for hydroxylation is 2. The summed E-state index contributed by atoms with van der Waals surface area (Å²) in [6.45, 7) is 3.84. The number of rotatable bonds is 3. The van der Waals surface area contributed by atoms with Gasteiger partial charge in [0.2, 0.25) is 0 Å². The minimum atomic E-state index is -0.207. The Kier molecular flexibility index (Phi) is 5.04. The van der Waals surface area contributed by atoms with Gasteiger partial charge in [-0.15, -0.1) is 0 Å². The van der Waals surface area contributed by atoms with Crippen LogP contribution >= 0.6 is 34.2 Å². The van der Waals surface area contributed by atoms with Crippen LogP contribution in [0.5, 0.6) is 0 Å². The molecule has 0 bridgehead atoms. The molecule has 0 heterocycles. The Labute approximate surface area is 137 Å². The van der Waals surface area contributed by atoms with Crippen LogP contribution in [0.4, 0.5) is 4.39 Å². The Morgan fingerprint density at radius 2 is 1.90 bits per heavy atom. The van der Waals surface area contributed by atoms with Crippen molar-refractivity contribution < 1.29 is 4.39 Å². The van der Waals surface area contributed by atoms with Crippen LogP contribution in [0, 0.1) is 23.2 Å². The second-order valence-corrected chi connectivity index (χ2v) is 6.46. The molecule has 20 heavy (non-hydrogen) atoms. The Bertz CT molecular complexity index is 619. The fourth-order valence-electron chi connectivity index (χ4n) is 2.48. The quantitative estimate of drug-likeness (QED) is 0.711. The summed E-state index contributed by atoms with van der Waals surface area (Å²) in [6, 6.07) is 9.05. The molecule has 0 radical (unpaired) electrons. The molecule has 2 aromatic carbocycles. The van der Waals surface area contributed by atoms with Crippen molar-refractivity contribution >= 4 is 34.2 Å². The van der Waals surface area contributed by atoms with Gasteiger partial charge in [0.1, 0.15) is 5.82 Å². The zero-order valence-electron chi connectivity index (χ0n) is 11.6. The van der Waals surface area contributed by atoms with E-state index in [0.29, 0.717) is 10.6 Å². The molecule has 0 aliphatic rings. The molecule has 0 spiro atoms. The van der Waals surface area contributed by atoms with Gasteiger partial charge >= 0.3 is 0 Å². The zero-order chi connectivity index (χ0) is 14.9. The van der Waals surface area contributed by atoms with Crippen LogP contribution in [0.1, 0.15) is 28.3 Å². The molecule has 0 saturated heterocycles. The fourth-order valence-corrected chi connectivity index (χ4v) is 3.31. The smallest absolute Gasteiger partial charge is 0.128 e. The minimum Gasteiger partial charge on any atom is -0.309 e. The monoisotopic (exact) mass is 403 g/mol. The molecule has 2 rings (SSSR count). The molecule has 0 aliphatic carbocycles. The SMILES string of the molecule is CNC(c1cc(Cl)ccc1I)c1c(C)cc(C)cc1F. The normalized spacial score (nSPS) is 12.5. The molecule has 1 unspecified atom stereocenters. The molecule has 1 atom stereocenters. The fraction of sp³-hybridized carbons (Fsp3) is 0.250. The predicted octanol–water partition coefficient (Wildman–Crippen LogP) is 5.01. The Hall–Kier alpha value is -0.650. The standard InChI is InChI=1S/C16H16ClFIN/c1-9-6-10(2)15(13(18)7-9)16(20-3)12-8-11(17)4-5-14(12)19/h4-8,16,20H,1-3H3. The number of nitrogens with one attached hydrogen (secondary N) is 1. The molecular formula is C16H16ClFIN. The maximum Gasteiger partial charge on any atom is 0.128 e. The van der Waals surface area contributed by atoms with Crippen LogP contribution in [0.3, 0.4) is 0 Å². The van der Waals surface area contributed by atoms with Gasteiger partial charge in [0, 0.05) is 14.2 Å². The molecule has 1 N–H and O–H groups in total. The zero-order valence-corrected chi connectivity index (χ0v) is 14.5. The van der Waals surface area contributed by atoms with E-state index < -0.39 is 0 Å². The highest BCUT2D eigenvalue weighted by Gasteiger charge is 2.21. The van der Waals surface area contributed by atoms with E-state index >= 15 is 0 Å².